The standard InChI is InChI=1S/C23H23BrN2O4/c1-2-28-20-11-15(13-25)8-9-19(20)30-22-21(16-5-3-6-17(24)12-16)26(23(22)27)14-18-7-4-10-29-18/h3,5-6,8-9,11-12,18,21-22H,2,4,7,10,14H2,1H3/t18-,21-,22-/m0/s1. The van der Waals surface area contributed by atoms with Crippen LogP contribution in [0.1, 0.15) is 36.9 Å². The minimum absolute atomic E-state index is 0.0673. The SMILES string of the molecule is CCOc1cc(C#N)ccc1O[C@@H]1C(=O)N(C[C@@H]2CCCO2)[C@H]1c1cccc(Br)c1. The number of nitrogens with zero attached hydrogens (tertiary/aromatic N) is 2. The molecule has 30 heavy (non-hydrogen) atoms. The zero-order valence-corrected chi connectivity index (χ0v) is 18.3. The van der Waals surface area contributed by atoms with Crippen LogP contribution in [0.2, 0.25) is 0 Å². The van der Waals surface area contributed by atoms with Crippen molar-refractivity contribution in [3.8, 4) is 17.6 Å². The number of hydrogen-bond acceptors (Lipinski definition) is 5. The van der Waals surface area contributed by atoms with Crippen LogP contribution in [0.5, 0.6) is 11.5 Å². The van der Waals surface area contributed by atoms with Gasteiger partial charge in [0.1, 0.15) is 6.04 Å². The summed E-state index contributed by atoms with van der Waals surface area (Å²) in [5.74, 6) is 0.864. The molecule has 7 heteroatoms. The molecule has 0 bridgehead atoms. The van der Waals surface area contributed by atoms with Gasteiger partial charge in [-0.25, -0.2) is 0 Å². The van der Waals surface area contributed by atoms with E-state index in [1.807, 2.05) is 36.1 Å². The lowest BCUT2D eigenvalue weighted by Crippen LogP contribution is -2.62. The van der Waals surface area contributed by atoms with Crippen LogP contribution in [0, 0.1) is 11.3 Å². The van der Waals surface area contributed by atoms with E-state index in [1.54, 1.807) is 18.2 Å². The van der Waals surface area contributed by atoms with Gasteiger partial charge in [-0.3, -0.25) is 4.79 Å². The molecule has 3 atom stereocenters. The largest absolute Gasteiger partial charge is 0.490 e. The molecule has 2 aliphatic rings. The van der Waals surface area contributed by atoms with E-state index in [2.05, 4.69) is 22.0 Å². The van der Waals surface area contributed by atoms with Crippen molar-refractivity contribution in [2.75, 3.05) is 19.8 Å². The molecule has 2 aromatic carbocycles. The quantitative estimate of drug-likeness (QED) is 0.566. The maximum absolute atomic E-state index is 13.1. The molecular weight excluding hydrogens is 448 g/mol. The van der Waals surface area contributed by atoms with Crippen molar-refractivity contribution in [1.82, 2.24) is 4.90 Å². The highest BCUT2D eigenvalue weighted by Crippen LogP contribution is 2.41. The molecule has 0 spiro atoms. The zero-order valence-electron chi connectivity index (χ0n) is 16.7. The Bertz CT molecular complexity index is 968. The second-order valence-corrected chi connectivity index (χ2v) is 8.29. The van der Waals surface area contributed by atoms with Crippen LogP contribution in [0.25, 0.3) is 0 Å². The normalized spacial score (nSPS) is 23.0. The van der Waals surface area contributed by atoms with Crippen LogP contribution in [0.3, 0.4) is 0 Å². The number of rotatable bonds is 7. The smallest absolute Gasteiger partial charge is 0.266 e. The molecule has 2 fully saturated rings. The number of nitriles is 1. The number of carbonyl (C=O) groups is 1. The predicted octanol–water partition coefficient (Wildman–Crippen LogP) is 4.23. The maximum Gasteiger partial charge on any atom is 0.266 e. The molecule has 0 aliphatic carbocycles. The first-order valence-electron chi connectivity index (χ1n) is 10.1. The van der Waals surface area contributed by atoms with Gasteiger partial charge in [0.2, 0.25) is 6.10 Å². The van der Waals surface area contributed by atoms with Gasteiger partial charge in [0.15, 0.2) is 11.5 Å². The number of hydrogen-bond donors (Lipinski definition) is 0. The zero-order chi connectivity index (χ0) is 21.1. The number of benzene rings is 2. The summed E-state index contributed by atoms with van der Waals surface area (Å²) in [6, 6.07) is 14.8. The first-order valence-corrected chi connectivity index (χ1v) is 10.9. The number of ether oxygens (including phenoxy) is 3. The Morgan fingerprint density at radius 3 is 2.83 bits per heavy atom. The number of amides is 1. The third-order valence-electron chi connectivity index (χ3n) is 5.39. The molecule has 0 unspecified atom stereocenters. The summed E-state index contributed by atoms with van der Waals surface area (Å²) in [5, 5.41) is 9.17. The molecule has 2 aromatic rings. The molecule has 0 radical (unpaired) electrons. The molecule has 0 N–H and O–H groups in total. The monoisotopic (exact) mass is 470 g/mol. The van der Waals surface area contributed by atoms with Gasteiger partial charge in [-0.2, -0.15) is 5.26 Å². The molecule has 1 amide bonds. The second kappa shape index (κ2) is 9.07. The Labute approximate surface area is 184 Å². The van der Waals surface area contributed by atoms with E-state index in [0.29, 0.717) is 30.2 Å². The summed E-state index contributed by atoms with van der Waals surface area (Å²) in [6.07, 6.45) is 1.40. The summed E-state index contributed by atoms with van der Waals surface area (Å²) >= 11 is 3.52. The third kappa shape index (κ3) is 4.16. The summed E-state index contributed by atoms with van der Waals surface area (Å²) < 4.78 is 18.5. The fraction of sp³-hybridized carbons (Fsp3) is 0.391. The lowest BCUT2D eigenvalue weighted by molar-refractivity contribution is -0.167. The van der Waals surface area contributed by atoms with E-state index in [1.165, 1.54) is 0 Å². The maximum atomic E-state index is 13.1. The Morgan fingerprint density at radius 1 is 1.27 bits per heavy atom. The number of halogens is 1. The summed E-state index contributed by atoms with van der Waals surface area (Å²) in [5.41, 5.74) is 1.48. The van der Waals surface area contributed by atoms with Crippen LogP contribution in [0.15, 0.2) is 46.9 Å². The van der Waals surface area contributed by atoms with Gasteiger partial charge in [0, 0.05) is 23.7 Å². The van der Waals surface area contributed by atoms with E-state index < -0.39 is 6.10 Å². The lowest BCUT2D eigenvalue weighted by atomic mass is 9.90. The summed E-state index contributed by atoms with van der Waals surface area (Å²) in [6.45, 7) is 3.60. The first-order chi connectivity index (χ1) is 14.6. The van der Waals surface area contributed by atoms with Crippen molar-refractivity contribution in [3.05, 3.63) is 58.1 Å². The van der Waals surface area contributed by atoms with Crippen molar-refractivity contribution < 1.29 is 19.0 Å². The molecule has 4 rings (SSSR count). The Balaban J connectivity index is 1.61. The molecular formula is C23H23BrN2O4. The Kier molecular flexibility index (Phi) is 6.26. The second-order valence-electron chi connectivity index (χ2n) is 7.37. The summed E-state index contributed by atoms with van der Waals surface area (Å²) in [4.78, 5) is 14.9. The highest BCUT2D eigenvalue weighted by atomic mass is 79.9. The van der Waals surface area contributed by atoms with E-state index in [-0.39, 0.29) is 18.1 Å². The Morgan fingerprint density at radius 2 is 2.13 bits per heavy atom. The van der Waals surface area contributed by atoms with Gasteiger partial charge in [0.25, 0.3) is 5.91 Å². The van der Waals surface area contributed by atoms with Gasteiger partial charge in [-0.1, -0.05) is 28.1 Å². The number of likely N-dealkylation sites (tertiary alicyclic amines) is 1. The highest BCUT2D eigenvalue weighted by Gasteiger charge is 2.51. The molecule has 0 saturated carbocycles. The lowest BCUT2D eigenvalue weighted by Gasteiger charge is -2.47. The molecule has 156 valence electrons. The van der Waals surface area contributed by atoms with Crippen molar-refractivity contribution in [1.29, 1.82) is 5.26 Å². The van der Waals surface area contributed by atoms with E-state index >= 15 is 0 Å². The highest BCUT2D eigenvalue weighted by molar-refractivity contribution is 9.10. The predicted molar refractivity (Wildman–Crippen MR) is 114 cm³/mol. The van der Waals surface area contributed by atoms with Gasteiger partial charge in [0.05, 0.1) is 24.3 Å². The van der Waals surface area contributed by atoms with Gasteiger partial charge in [-0.15, -0.1) is 0 Å². The fourth-order valence-corrected chi connectivity index (χ4v) is 4.39. The van der Waals surface area contributed by atoms with Crippen LogP contribution in [-0.4, -0.2) is 42.8 Å². The molecule has 2 aliphatic heterocycles. The van der Waals surface area contributed by atoms with Crippen molar-refractivity contribution in [2.24, 2.45) is 0 Å². The van der Waals surface area contributed by atoms with E-state index in [0.717, 1.165) is 29.5 Å². The Hall–Kier alpha value is -2.56. The fourth-order valence-electron chi connectivity index (χ4n) is 3.97. The number of carbonyl (C=O) groups excluding carboxylic acids is 1. The first kappa shape index (κ1) is 20.7. The summed E-state index contributed by atoms with van der Waals surface area (Å²) in [7, 11) is 0. The molecule has 0 aromatic heterocycles. The minimum Gasteiger partial charge on any atom is -0.490 e. The van der Waals surface area contributed by atoms with Crippen molar-refractivity contribution in [3.63, 3.8) is 0 Å². The van der Waals surface area contributed by atoms with Gasteiger partial charge < -0.3 is 19.1 Å². The van der Waals surface area contributed by atoms with Gasteiger partial charge in [-0.05, 0) is 49.6 Å². The van der Waals surface area contributed by atoms with Crippen LogP contribution in [-0.2, 0) is 9.53 Å². The van der Waals surface area contributed by atoms with Crippen LogP contribution in [0.4, 0.5) is 0 Å². The molecule has 6 nitrogen and oxygen atoms in total. The molecule has 2 saturated heterocycles. The van der Waals surface area contributed by atoms with Crippen LogP contribution >= 0.6 is 15.9 Å². The third-order valence-corrected chi connectivity index (χ3v) is 5.88. The van der Waals surface area contributed by atoms with E-state index in [4.69, 9.17) is 19.5 Å². The molecule has 2 heterocycles. The van der Waals surface area contributed by atoms with Gasteiger partial charge >= 0.3 is 0 Å². The average molecular weight is 471 g/mol. The van der Waals surface area contributed by atoms with Crippen molar-refractivity contribution in [2.45, 2.75) is 38.0 Å². The number of β-lactam (4-membered cyclic amide) rings is 1. The average Bonchev–Trinajstić information content (AvgIpc) is 3.27. The topological polar surface area (TPSA) is 71.8 Å². The minimum atomic E-state index is -0.659. The van der Waals surface area contributed by atoms with Crippen molar-refractivity contribution >= 4 is 21.8 Å². The van der Waals surface area contributed by atoms with E-state index in [9.17, 15) is 4.79 Å². The van der Waals surface area contributed by atoms with Crippen LogP contribution < -0.4 is 9.47 Å².